The van der Waals surface area contributed by atoms with Gasteiger partial charge >= 0.3 is 5.97 Å². The summed E-state index contributed by atoms with van der Waals surface area (Å²) < 4.78 is 5.41. The van der Waals surface area contributed by atoms with Gasteiger partial charge < -0.3 is 25.4 Å². The number of amides is 1. The first-order valence-electron chi connectivity index (χ1n) is 12.6. The first-order valence-corrected chi connectivity index (χ1v) is 12.6. The van der Waals surface area contributed by atoms with Crippen LogP contribution in [0.4, 0.5) is 5.69 Å². The van der Waals surface area contributed by atoms with Crippen LogP contribution < -0.4 is 10.6 Å². The Balaban J connectivity index is 1.41. The maximum atomic E-state index is 12.7. The standard InChI is InChI=1S/C30H32N4O5/c1-18(35)31-24-15-11-22(12-16-24)28-33-26(34-39-28)20-7-5-19(6-8-20)17-25(29(37)38)32-27(36)21-9-13-23(14-10-21)30(2,3)4/h5-16,18,25,31,35H,17H2,1-4H3,(H,32,36)(H,37,38)/t18?,25-/m0/s1. The van der Waals surface area contributed by atoms with Crippen molar-refractivity contribution in [3.05, 3.63) is 89.5 Å². The molecule has 9 nitrogen and oxygen atoms in total. The van der Waals surface area contributed by atoms with Crippen molar-refractivity contribution in [1.82, 2.24) is 15.5 Å². The summed E-state index contributed by atoms with van der Waals surface area (Å²) in [6.45, 7) is 7.89. The molecule has 0 saturated heterocycles. The lowest BCUT2D eigenvalue weighted by Crippen LogP contribution is -2.42. The number of hydrogen-bond acceptors (Lipinski definition) is 7. The number of nitrogens with zero attached hydrogens (tertiary/aromatic N) is 2. The Bertz CT molecular complexity index is 1420. The number of anilines is 1. The van der Waals surface area contributed by atoms with Crippen LogP contribution in [-0.2, 0) is 16.6 Å². The van der Waals surface area contributed by atoms with Gasteiger partial charge in [-0.25, -0.2) is 4.79 Å². The van der Waals surface area contributed by atoms with Gasteiger partial charge in [0.2, 0.25) is 5.82 Å². The number of carboxylic acids is 1. The van der Waals surface area contributed by atoms with Crippen molar-refractivity contribution in [1.29, 1.82) is 0 Å². The summed E-state index contributed by atoms with van der Waals surface area (Å²) in [6, 6.07) is 20.5. The molecule has 0 aliphatic rings. The summed E-state index contributed by atoms with van der Waals surface area (Å²) in [5.74, 6) is -0.809. The molecule has 0 aliphatic heterocycles. The van der Waals surface area contributed by atoms with E-state index in [0.717, 1.165) is 22.4 Å². The first-order chi connectivity index (χ1) is 18.5. The number of carboxylic acid groups (broad SMARTS) is 1. The highest BCUT2D eigenvalue weighted by Crippen LogP contribution is 2.25. The predicted molar refractivity (Wildman–Crippen MR) is 148 cm³/mol. The maximum absolute atomic E-state index is 12.7. The van der Waals surface area contributed by atoms with Crippen LogP contribution in [0.1, 0.15) is 49.2 Å². The third-order valence-electron chi connectivity index (χ3n) is 6.20. The van der Waals surface area contributed by atoms with Crippen LogP contribution in [0.5, 0.6) is 0 Å². The molecule has 0 saturated carbocycles. The smallest absolute Gasteiger partial charge is 0.326 e. The molecular weight excluding hydrogens is 496 g/mol. The van der Waals surface area contributed by atoms with E-state index in [2.05, 4.69) is 41.5 Å². The van der Waals surface area contributed by atoms with E-state index in [1.807, 2.05) is 24.3 Å². The van der Waals surface area contributed by atoms with Gasteiger partial charge in [0.05, 0.1) is 0 Å². The summed E-state index contributed by atoms with van der Waals surface area (Å²) >= 11 is 0. The number of benzene rings is 3. The first kappa shape index (κ1) is 27.5. The van der Waals surface area contributed by atoms with Crippen molar-refractivity contribution < 1.29 is 24.3 Å². The van der Waals surface area contributed by atoms with Crippen LogP contribution in [0.3, 0.4) is 0 Å². The van der Waals surface area contributed by atoms with Gasteiger partial charge in [0, 0.05) is 28.8 Å². The van der Waals surface area contributed by atoms with Crippen LogP contribution in [0.25, 0.3) is 22.8 Å². The molecule has 0 radical (unpaired) electrons. The lowest BCUT2D eigenvalue weighted by Gasteiger charge is -2.19. The van der Waals surface area contributed by atoms with Crippen molar-refractivity contribution in [2.45, 2.75) is 51.8 Å². The molecule has 39 heavy (non-hydrogen) atoms. The Morgan fingerprint density at radius 1 is 0.923 bits per heavy atom. The van der Waals surface area contributed by atoms with Gasteiger partial charge in [-0.2, -0.15) is 4.98 Å². The molecule has 0 fully saturated rings. The number of carbonyl (C=O) groups is 2. The zero-order valence-corrected chi connectivity index (χ0v) is 22.3. The SMILES string of the molecule is CC(O)Nc1ccc(-c2nc(-c3ccc(C[C@H](NC(=O)c4ccc(C(C)(C)C)cc4)C(=O)O)cc3)no2)cc1. The number of nitrogens with one attached hydrogen (secondary N) is 2. The van der Waals surface area contributed by atoms with Gasteiger partial charge in [-0.05, 0) is 59.9 Å². The topological polar surface area (TPSA) is 138 Å². The third kappa shape index (κ3) is 7.08. The van der Waals surface area contributed by atoms with E-state index in [1.165, 1.54) is 0 Å². The van der Waals surface area contributed by atoms with E-state index < -0.39 is 24.1 Å². The molecule has 4 rings (SSSR count). The number of carbonyl (C=O) groups excluding carboxylic acids is 1. The van der Waals surface area contributed by atoms with Crippen LogP contribution >= 0.6 is 0 Å². The Morgan fingerprint density at radius 3 is 2.10 bits per heavy atom. The Labute approximate surface area is 226 Å². The zero-order valence-electron chi connectivity index (χ0n) is 22.3. The van der Waals surface area contributed by atoms with Crippen LogP contribution in [-0.4, -0.2) is 44.5 Å². The highest BCUT2D eigenvalue weighted by atomic mass is 16.5. The quantitative estimate of drug-likeness (QED) is 0.226. The molecule has 0 spiro atoms. The minimum Gasteiger partial charge on any atom is -0.480 e. The summed E-state index contributed by atoms with van der Waals surface area (Å²) in [7, 11) is 0. The molecule has 3 aromatic carbocycles. The fourth-order valence-electron chi connectivity index (χ4n) is 4.00. The minimum atomic E-state index is -1.11. The van der Waals surface area contributed by atoms with E-state index in [9.17, 15) is 19.8 Å². The Morgan fingerprint density at radius 2 is 1.54 bits per heavy atom. The van der Waals surface area contributed by atoms with Crippen molar-refractivity contribution in [3.8, 4) is 22.8 Å². The summed E-state index contributed by atoms with van der Waals surface area (Å²) in [4.78, 5) is 29.1. The lowest BCUT2D eigenvalue weighted by molar-refractivity contribution is -0.139. The van der Waals surface area contributed by atoms with Crippen LogP contribution in [0.15, 0.2) is 77.3 Å². The molecule has 2 atom stereocenters. The lowest BCUT2D eigenvalue weighted by atomic mass is 9.86. The molecule has 0 aliphatic carbocycles. The third-order valence-corrected chi connectivity index (χ3v) is 6.20. The van der Waals surface area contributed by atoms with Crippen LogP contribution in [0.2, 0.25) is 0 Å². The fourth-order valence-corrected chi connectivity index (χ4v) is 4.00. The second-order valence-corrected chi connectivity index (χ2v) is 10.4. The molecule has 202 valence electrons. The van der Waals surface area contributed by atoms with Gasteiger partial charge in [0.25, 0.3) is 11.8 Å². The minimum absolute atomic E-state index is 0.0449. The summed E-state index contributed by atoms with van der Waals surface area (Å²) in [5, 5.41) is 28.7. The number of aliphatic hydroxyl groups is 1. The molecule has 4 N–H and O–H groups in total. The second-order valence-electron chi connectivity index (χ2n) is 10.4. The maximum Gasteiger partial charge on any atom is 0.326 e. The van der Waals surface area contributed by atoms with Crippen LogP contribution in [0, 0.1) is 0 Å². The van der Waals surface area contributed by atoms with Gasteiger partial charge in [-0.1, -0.05) is 62.3 Å². The molecule has 1 amide bonds. The highest BCUT2D eigenvalue weighted by Gasteiger charge is 2.22. The van der Waals surface area contributed by atoms with E-state index in [0.29, 0.717) is 22.8 Å². The van der Waals surface area contributed by atoms with Crippen molar-refractivity contribution in [2.75, 3.05) is 5.32 Å². The average molecular weight is 529 g/mol. The Hall–Kier alpha value is -4.50. The van der Waals surface area contributed by atoms with E-state index in [-0.39, 0.29) is 11.8 Å². The van der Waals surface area contributed by atoms with Crippen molar-refractivity contribution >= 4 is 17.6 Å². The molecule has 4 aromatic rings. The number of hydrogen-bond donors (Lipinski definition) is 4. The summed E-state index contributed by atoms with van der Waals surface area (Å²) in [6.07, 6.45) is -0.548. The van der Waals surface area contributed by atoms with Gasteiger partial charge in [0.1, 0.15) is 12.3 Å². The number of aliphatic carboxylic acids is 1. The predicted octanol–water partition coefficient (Wildman–Crippen LogP) is 4.88. The normalized spacial score (nSPS) is 12.9. The second kappa shape index (κ2) is 11.5. The highest BCUT2D eigenvalue weighted by molar-refractivity contribution is 5.96. The largest absolute Gasteiger partial charge is 0.480 e. The van der Waals surface area contributed by atoms with E-state index in [1.54, 1.807) is 55.5 Å². The van der Waals surface area contributed by atoms with E-state index >= 15 is 0 Å². The fraction of sp³-hybridized carbons (Fsp3) is 0.267. The molecule has 1 aromatic heterocycles. The number of rotatable bonds is 9. The number of aliphatic hydroxyl groups excluding tert-OH is 1. The monoisotopic (exact) mass is 528 g/mol. The molecule has 1 heterocycles. The molecule has 0 bridgehead atoms. The van der Waals surface area contributed by atoms with E-state index in [4.69, 9.17) is 4.52 Å². The Kier molecular flexibility index (Phi) is 8.11. The van der Waals surface area contributed by atoms with Gasteiger partial charge in [-0.3, -0.25) is 4.79 Å². The van der Waals surface area contributed by atoms with Crippen molar-refractivity contribution in [2.24, 2.45) is 0 Å². The molecular formula is C30H32N4O5. The number of aromatic nitrogens is 2. The average Bonchev–Trinajstić information content (AvgIpc) is 3.38. The zero-order chi connectivity index (χ0) is 28.2. The van der Waals surface area contributed by atoms with Gasteiger partial charge in [-0.15, -0.1) is 0 Å². The summed E-state index contributed by atoms with van der Waals surface area (Å²) in [5.41, 5.74) is 4.39. The van der Waals surface area contributed by atoms with Crippen molar-refractivity contribution in [3.63, 3.8) is 0 Å². The van der Waals surface area contributed by atoms with Gasteiger partial charge in [0.15, 0.2) is 0 Å². The molecule has 1 unspecified atom stereocenters. The molecule has 9 heteroatoms.